The zero-order valence-corrected chi connectivity index (χ0v) is 9.78. The van der Waals surface area contributed by atoms with Gasteiger partial charge in [0, 0.05) is 13.1 Å². The van der Waals surface area contributed by atoms with Crippen LogP contribution in [-0.2, 0) is 0 Å². The Labute approximate surface area is 95.7 Å². The Bertz CT molecular complexity index is 378. The predicted molar refractivity (Wildman–Crippen MR) is 63.0 cm³/mol. The van der Waals surface area contributed by atoms with Crippen molar-refractivity contribution in [3.05, 3.63) is 30.1 Å². The molecule has 0 bridgehead atoms. The molecule has 0 aromatic heterocycles. The maximum absolute atomic E-state index is 13.6. The van der Waals surface area contributed by atoms with Crippen LogP contribution in [0.4, 0.5) is 10.1 Å². The fourth-order valence-electron chi connectivity index (χ4n) is 2.06. The Morgan fingerprint density at radius 1 is 1.38 bits per heavy atom. The third-order valence-corrected chi connectivity index (χ3v) is 3.51. The molecule has 0 spiro atoms. The van der Waals surface area contributed by atoms with Gasteiger partial charge in [0.25, 0.3) is 0 Å². The lowest BCUT2D eigenvalue weighted by Gasteiger charge is -2.42. The second kappa shape index (κ2) is 4.06. The van der Waals surface area contributed by atoms with Crippen LogP contribution in [0, 0.1) is 11.2 Å². The molecule has 16 heavy (non-hydrogen) atoms. The second-order valence-electron chi connectivity index (χ2n) is 5.15. The summed E-state index contributed by atoms with van der Waals surface area (Å²) in [5, 5.41) is 10.00. The van der Waals surface area contributed by atoms with Crippen molar-refractivity contribution in [2.75, 3.05) is 18.0 Å². The largest absolute Gasteiger partial charge is 0.391 e. The molecule has 0 aliphatic carbocycles. The number of para-hydroxylation sites is 1. The fraction of sp³-hybridized carbons (Fsp3) is 0.538. The molecule has 1 aromatic carbocycles. The van der Waals surface area contributed by atoms with E-state index >= 15 is 0 Å². The molecule has 1 heterocycles. The lowest BCUT2D eigenvalue weighted by atomic mass is 9.80. The van der Waals surface area contributed by atoms with Gasteiger partial charge in [-0.1, -0.05) is 26.0 Å². The molecule has 0 amide bonds. The third-order valence-electron chi connectivity index (χ3n) is 3.51. The van der Waals surface area contributed by atoms with Crippen LogP contribution >= 0.6 is 0 Å². The van der Waals surface area contributed by atoms with Gasteiger partial charge in [-0.25, -0.2) is 4.39 Å². The van der Waals surface area contributed by atoms with Crippen molar-refractivity contribution >= 4 is 5.69 Å². The third kappa shape index (κ3) is 2.05. The zero-order chi connectivity index (χ0) is 11.8. The topological polar surface area (TPSA) is 23.5 Å². The fourth-order valence-corrected chi connectivity index (χ4v) is 2.06. The van der Waals surface area contributed by atoms with Gasteiger partial charge in [0.15, 0.2) is 0 Å². The minimum absolute atomic E-state index is 0.0677. The van der Waals surface area contributed by atoms with Gasteiger partial charge in [0.1, 0.15) is 5.82 Å². The average Bonchev–Trinajstić information content (AvgIpc) is 2.23. The molecule has 0 radical (unpaired) electrons. The van der Waals surface area contributed by atoms with E-state index in [2.05, 4.69) is 13.8 Å². The second-order valence-corrected chi connectivity index (χ2v) is 5.15. The van der Waals surface area contributed by atoms with Gasteiger partial charge in [-0.15, -0.1) is 0 Å². The van der Waals surface area contributed by atoms with Gasteiger partial charge in [-0.3, -0.25) is 0 Å². The summed E-state index contributed by atoms with van der Waals surface area (Å²) in [6.45, 7) is 5.41. The Kier molecular flexibility index (Phi) is 2.89. The van der Waals surface area contributed by atoms with Gasteiger partial charge in [-0.05, 0) is 24.0 Å². The van der Waals surface area contributed by atoms with Gasteiger partial charge in [0.2, 0.25) is 0 Å². The maximum Gasteiger partial charge on any atom is 0.146 e. The summed E-state index contributed by atoms with van der Waals surface area (Å²) in [7, 11) is 0. The summed E-state index contributed by atoms with van der Waals surface area (Å²) in [5.74, 6) is -0.214. The molecule has 1 saturated heterocycles. The summed E-state index contributed by atoms with van der Waals surface area (Å²) in [5.41, 5.74) is 0.527. The van der Waals surface area contributed by atoms with Crippen molar-refractivity contribution < 1.29 is 9.50 Å². The highest BCUT2D eigenvalue weighted by Gasteiger charge is 2.34. The van der Waals surface area contributed by atoms with Gasteiger partial charge < -0.3 is 10.0 Å². The van der Waals surface area contributed by atoms with E-state index in [1.165, 1.54) is 6.07 Å². The van der Waals surface area contributed by atoms with Gasteiger partial charge in [-0.2, -0.15) is 0 Å². The first-order valence-electron chi connectivity index (χ1n) is 5.68. The molecule has 3 heteroatoms. The van der Waals surface area contributed by atoms with Crippen LogP contribution in [0.2, 0.25) is 0 Å². The zero-order valence-electron chi connectivity index (χ0n) is 9.78. The molecule has 1 aliphatic heterocycles. The summed E-state index contributed by atoms with van der Waals surface area (Å²) < 4.78 is 13.6. The Balaban J connectivity index is 2.17. The lowest BCUT2D eigenvalue weighted by Crippen LogP contribution is -2.48. The highest BCUT2D eigenvalue weighted by Crippen LogP contribution is 2.33. The number of β-amino-alcohol motifs (C(OH)–C–C–N with tert-alkyl or cyclic N) is 1. The Morgan fingerprint density at radius 3 is 2.69 bits per heavy atom. The van der Waals surface area contributed by atoms with Crippen LogP contribution in [0.5, 0.6) is 0 Å². The molecule has 1 N–H and O–H groups in total. The molecule has 2 nitrogen and oxygen atoms in total. The van der Waals surface area contributed by atoms with E-state index in [9.17, 15) is 9.50 Å². The number of benzene rings is 1. The molecule has 1 aliphatic rings. The number of anilines is 1. The highest BCUT2D eigenvalue weighted by molar-refractivity contribution is 5.48. The number of nitrogens with zero attached hydrogens (tertiary/aromatic N) is 1. The van der Waals surface area contributed by atoms with Gasteiger partial charge in [0.05, 0.1) is 11.8 Å². The van der Waals surface area contributed by atoms with Crippen molar-refractivity contribution in [3.63, 3.8) is 0 Å². The first-order chi connectivity index (χ1) is 7.50. The first-order valence-corrected chi connectivity index (χ1v) is 5.68. The van der Waals surface area contributed by atoms with Crippen molar-refractivity contribution in [1.82, 2.24) is 0 Å². The number of hydrogen-bond acceptors (Lipinski definition) is 2. The summed E-state index contributed by atoms with van der Waals surface area (Å²) in [4.78, 5) is 1.92. The van der Waals surface area contributed by atoms with Crippen LogP contribution in [0.3, 0.4) is 0 Å². The van der Waals surface area contributed by atoms with Crippen molar-refractivity contribution in [1.29, 1.82) is 0 Å². The number of aliphatic hydroxyl groups is 1. The van der Waals surface area contributed by atoms with Crippen LogP contribution in [0.1, 0.15) is 20.3 Å². The van der Waals surface area contributed by atoms with Crippen molar-refractivity contribution in [2.24, 2.45) is 5.41 Å². The minimum atomic E-state index is -0.402. The number of aliphatic hydroxyl groups excluding tert-OH is 1. The normalized spacial score (nSPS) is 24.5. The monoisotopic (exact) mass is 223 g/mol. The van der Waals surface area contributed by atoms with E-state index < -0.39 is 6.10 Å². The number of hydrogen-bond donors (Lipinski definition) is 1. The van der Waals surface area contributed by atoms with Crippen LogP contribution in [0.15, 0.2) is 24.3 Å². The summed E-state index contributed by atoms with van der Waals surface area (Å²) in [6.07, 6.45) is 0.475. The van der Waals surface area contributed by atoms with E-state index in [-0.39, 0.29) is 11.2 Å². The van der Waals surface area contributed by atoms with Crippen LogP contribution in [-0.4, -0.2) is 24.3 Å². The molecule has 1 fully saturated rings. The van der Waals surface area contributed by atoms with E-state index in [4.69, 9.17) is 0 Å². The maximum atomic E-state index is 13.6. The van der Waals surface area contributed by atoms with Crippen molar-refractivity contribution in [3.8, 4) is 0 Å². The molecule has 1 aromatic rings. The van der Waals surface area contributed by atoms with Crippen LogP contribution < -0.4 is 4.90 Å². The molecule has 88 valence electrons. The van der Waals surface area contributed by atoms with E-state index in [0.717, 1.165) is 13.0 Å². The van der Waals surface area contributed by atoms with Crippen molar-refractivity contribution in [2.45, 2.75) is 26.4 Å². The number of piperidine rings is 1. The lowest BCUT2D eigenvalue weighted by molar-refractivity contribution is 0.0349. The smallest absolute Gasteiger partial charge is 0.146 e. The minimum Gasteiger partial charge on any atom is -0.391 e. The Hall–Kier alpha value is -1.09. The summed E-state index contributed by atoms with van der Waals surface area (Å²) >= 11 is 0. The van der Waals surface area contributed by atoms with E-state index in [1.807, 2.05) is 11.0 Å². The number of halogens is 1. The molecule has 1 unspecified atom stereocenters. The molecule has 0 saturated carbocycles. The number of rotatable bonds is 1. The standard InChI is InChI=1S/C13H18FNO/c1-13(2)7-8-15(9-12(13)16)11-6-4-3-5-10(11)14/h3-6,12,16H,7-9H2,1-2H3. The molecular weight excluding hydrogens is 205 g/mol. The Morgan fingerprint density at radius 2 is 2.06 bits per heavy atom. The van der Waals surface area contributed by atoms with Gasteiger partial charge >= 0.3 is 0 Å². The SMILES string of the molecule is CC1(C)CCN(c2ccccc2F)CC1O. The van der Waals surface area contributed by atoms with E-state index in [1.54, 1.807) is 12.1 Å². The predicted octanol–water partition coefficient (Wildman–Crippen LogP) is 2.42. The molecule has 2 rings (SSSR count). The average molecular weight is 223 g/mol. The first kappa shape index (κ1) is 11.4. The highest BCUT2D eigenvalue weighted by atomic mass is 19.1. The van der Waals surface area contributed by atoms with Crippen LogP contribution in [0.25, 0.3) is 0 Å². The molecular formula is C13H18FNO. The quantitative estimate of drug-likeness (QED) is 0.790. The summed E-state index contributed by atoms with van der Waals surface area (Å²) in [6, 6.07) is 6.73. The molecule has 1 atom stereocenters. The van der Waals surface area contributed by atoms with E-state index in [0.29, 0.717) is 12.2 Å².